The van der Waals surface area contributed by atoms with Gasteiger partial charge in [-0.3, -0.25) is 14.9 Å². The van der Waals surface area contributed by atoms with Crippen LogP contribution in [0.5, 0.6) is 0 Å². The number of hydrogen-bond acceptors (Lipinski definition) is 4. The van der Waals surface area contributed by atoms with Crippen LogP contribution in [0.15, 0.2) is 24.3 Å². The van der Waals surface area contributed by atoms with E-state index in [4.69, 9.17) is 16.3 Å². The van der Waals surface area contributed by atoms with Crippen molar-refractivity contribution in [1.82, 2.24) is 10.6 Å². The first-order valence-corrected chi connectivity index (χ1v) is 8.05. The van der Waals surface area contributed by atoms with Gasteiger partial charge in [0.15, 0.2) is 6.61 Å². The molecule has 0 saturated heterocycles. The molecule has 6 nitrogen and oxygen atoms in total. The number of benzene rings is 1. The summed E-state index contributed by atoms with van der Waals surface area (Å²) in [5, 5.41) is 5.30. The van der Waals surface area contributed by atoms with Crippen LogP contribution in [0.3, 0.4) is 0 Å². The number of rotatable bonds is 4. The lowest BCUT2D eigenvalue weighted by Gasteiger charge is -2.20. The highest BCUT2D eigenvalue weighted by Crippen LogP contribution is 2.49. The van der Waals surface area contributed by atoms with Crippen molar-refractivity contribution >= 4 is 29.5 Å². The van der Waals surface area contributed by atoms with E-state index >= 15 is 0 Å². The molecule has 0 heterocycles. The first-order valence-electron chi connectivity index (χ1n) is 7.68. The monoisotopic (exact) mass is 352 g/mol. The maximum absolute atomic E-state index is 12.3. The molecule has 0 spiro atoms. The van der Waals surface area contributed by atoms with Crippen LogP contribution in [0.1, 0.15) is 39.2 Å². The van der Waals surface area contributed by atoms with Crippen molar-refractivity contribution in [2.24, 2.45) is 0 Å². The van der Waals surface area contributed by atoms with Gasteiger partial charge in [0.25, 0.3) is 5.91 Å². The van der Waals surface area contributed by atoms with E-state index in [1.165, 1.54) is 0 Å². The van der Waals surface area contributed by atoms with Gasteiger partial charge in [0.1, 0.15) is 0 Å². The van der Waals surface area contributed by atoms with E-state index in [2.05, 4.69) is 10.6 Å². The minimum Gasteiger partial charge on any atom is -0.455 e. The number of carbonyl (C=O) groups excluding carboxylic acids is 3. The number of ether oxygens (including phenoxy) is 1. The molecule has 0 atom stereocenters. The Morgan fingerprint density at radius 1 is 1.17 bits per heavy atom. The highest BCUT2D eigenvalue weighted by atomic mass is 35.5. The van der Waals surface area contributed by atoms with Gasteiger partial charge in [-0.05, 0) is 51.3 Å². The normalized spacial score (nSPS) is 15.3. The fourth-order valence-corrected chi connectivity index (χ4v) is 2.43. The molecule has 0 bridgehead atoms. The Balaban J connectivity index is 1.86. The standard InChI is InChI=1S/C17H21ClN2O4/c1-16(2,3)20-15(23)19-13(21)10-24-14(22)17(8-9-17)11-4-6-12(18)7-5-11/h4-7H,8-10H2,1-3H3,(H2,19,20,21,23). The van der Waals surface area contributed by atoms with E-state index in [1.54, 1.807) is 45.0 Å². The summed E-state index contributed by atoms with van der Waals surface area (Å²) in [5.74, 6) is -1.13. The molecule has 7 heteroatoms. The predicted molar refractivity (Wildman–Crippen MR) is 89.8 cm³/mol. The summed E-state index contributed by atoms with van der Waals surface area (Å²) < 4.78 is 5.08. The molecule has 24 heavy (non-hydrogen) atoms. The van der Waals surface area contributed by atoms with E-state index in [1.807, 2.05) is 0 Å². The quantitative estimate of drug-likeness (QED) is 0.815. The van der Waals surface area contributed by atoms with Crippen LogP contribution < -0.4 is 10.6 Å². The Hall–Kier alpha value is -2.08. The third kappa shape index (κ3) is 4.71. The number of carbonyl (C=O) groups is 3. The van der Waals surface area contributed by atoms with Crippen LogP contribution in [0.2, 0.25) is 5.02 Å². The number of urea groups is 1. The zero-order chi connectivity index (χ0) is 18.0. The molecule has 0 aliphatic heterocycles. The Kier molecular flexibility index (Phi) is 5.18. The summed E-state index contributed by atoms with van der Waals surface area (Å²) in [7, 11) is 0. The van der Waals surface area contributed by atoms with Gasteiger partial charge in [0, 0.05) is 10.6 Å². The highest BCUT2D eigenvalue weighted by Gasteiger charge is 2.52. The maximum Gasteiger partial charge on any atom is 0.321 e. The van der Waals surface area contributed by atoms with E-state index < -0.39 is 35.5 Å². The Bertz CT molecular complexity index is 646. The fourth-order valence-electron chi connectivity index (χ4n) is 2.31. The highest BCUT2D eigenvalue weighted by molar-refractivity contribution is 6.30. The minimum absolute atomic E-state index is 0.462. The number of hydrogen-bond donors (Lipinski definition) is 2. The van der Waals surface area contributed by atoms with E-state index in [0.29, 0.717) is 17.9 Å². The molecule has 2 rings (SSSR count). The molecule has 2 N–H and O–H groups in total. The van der Waals surface area contributed by atoms with Crippen molar-refractivity contribution in [3.63, 3.8) is 0 Å². The molecular weight excluding hydrogens is 332 g/mol. The van der Waals surface area contributed by atoms with Gasteiger partial charge in [-0.25, -0.2) is 4.79 Å². The molecule has 0 aromatic heterocycles. The van der Waals surface area contributed by atoms with Crippen LogP contribution >= 0.6 is 11.6 Å². The van der Waals surface area contributed by atoms with Crippen LogP contribution in [-0.2, 0) is 19.7 Å². The number of imide groups is 1. The average molecular weight is 353 g/mol. The molecule has 0 unspecified atom stereocenters. The van der Waals surface area contributed by atoms with Crippen molar-refractivity contribution in [2.75, 3.05) is 6.61 Å². The van der Waals surface area contributed by atoms with Gasteiger partial charge in [0.05, 0.1) is 5.41 Å². The Morgan fingerprint density at radius 2 is 1.75 bits per heavy atom. The molecule has 1 aromatic rings. The molecule has 1 aromatic carbocycles. The van der Waals surface area contributed by atoms with Crippen molar-refractivity contribution in [3.05, 3.63) is 34.9 Å². The number of amides is 3. The Morgan fingerprint density at radius 3 is 2.25 bits per heavy atom. The lowest BCUT2D eigenvalue weighted by Crippen LogP contribution is -2.49. The van der Waals surface area contributed by atoms with Crippen LogP contribution in [0.4, 0.5) is 4.79 Å². The summed E-state index contributed by atoms with van der Waals surface area (Å²) >= 11 is 5.85. The number of nitrogens with one attached hydrogen (secondary N) is 2. The van der Waals surface area contributed by atoms with Crippen molar-refractivity contribution in [3.8, 4) is 0 Å². The van der Waals surface area contributed by atoms with Crippen molar-refractivity contribution < 1.29 is 19.1 Å². The molecule has 1 aliphatic rings. The van der Waals surface area contributed by atoms with Gasteiger partial charge < -0.3 is 10.1 Å². The lowest BCUT2D eigenvalue weighted by atomic mass is 9.96. The molecule has 1 saturated carbocycles. The molecule has 1 fully saturated rings. The first kappa shape index (κ1) is 18.3. The van der Waals surface area contributed by atoms with Gasteiger partial charge in [-0.15, -0.1) is 0 Å². The van der Waals surface area contributed by atoms with Crippen molar-refractivity contribution in [1.29, 1.82) is 0 Å². The fraction of sp³-hybridized carbons (Fsp3) is 0.471. The molecule has 130 valence electrons. The molecule has 3 amide bonds. The third-order valence-corrected chi connectivity index (χ3v) is 3.87. The lowest BCUT2D eigenvalue weighted by molar-refractivity contribution is -0.150. The van der Waals surface area contributed by atoms with Gasteiger partial charge in [-0.1, -0.05) is 23.7 Å². The zero-order valence-corrected chi connectivity index (χ0v) is 14.7. The molecule has 0 radical (unpaired) electrons. The zero-order valence-electron chi connectivity index (χ0n) is 13.9. The number of esters is 1. The van der Waals surface area contributed by atoms with Gasteiger partial charge >= 0.3 is 12.0 Å². The second kappa shape index (κ2) is 6.81. The summed E-state index contributed by atoms with van der Waals surface area (Å²) in [6, 6.07) is 6.38. The topological polar surface area (TPSA) is 84.5 Å². The van der Waals surface area contributed by atoms with Gasteiger partial charge in [0.2, 0.25) is 0 Å². The molecule has 1 aliphatic carbocycles. The smallest absolute Gasteiger partial charge is 0.321 e. The summed E-state index contributed by atoms with van der Waals surface area (Å²) in [4.78, 5) is 35.6. The Labute approximate surface area is 145 Å². The van der Waals surface area contributed by atoms with Gasteiger partial charge in [-0.2, -0.15) is 0 Å². The SMILES string of the molecule is CC(C)(C)NC(=O)NC(=O)COC(=O)C1(c2ccc(Cl)cc2)CC1. The van der Waals surface area contributed by atoms with E-state index in [0.717, 1.165) is 5.56 Å². The maximum atomic E-state index is 12.3. The second-order valence-electron chi connectivity index (χ2n) is 6.92. The third-order valence-electron chi connectivity index (χ3n) is 3.61. The average Bonchev–Trinajstić information content (AvgIpc) is 3.25. The van der Waals surface area contributed by atoms with E-state index in [9.17, 15) is 14.4 Å². The van der Waals surface area contributed by atoms with Crippen LogP contribution in [0.25, 0.3) is 0 Å². The van der Waals surface area contributed by atoms with Crippen LogP contribution in [-0.4, -0.2) is 30.1 Å². The number of halogens is 1. The first-order chi connectivity index (χ1) is 11.1. The molecular formula is C17H21ClN2O4. The summed E-state index contributed by atoms with van der Waals surface area (Å²) in [5.41, 5.74) is -0.338. The largest absolute Gasteiger partial charge is 0.455 e. The van der Waals surface area contributed by atoms with E-state index in [-0.39, 0.29) is 0 Å². The summed E-state index contributed by atoms with van der Waals surface area (Å²) in [6.45, 7) is 4.88. The predicted octanol–water partition coefficient (Wildman–Crippen LogP) is 2.54. The van der Waals surface area contributed by atoms with Crippen LogP contribution in [0, 0.1) is 0 Å². The second-order valence-corrected chi connectivity index (χ2v) is 7.35. The minimum atomic E-state index is -0.696. The summed E-state index contributed by atoms with van der Waals surface area (Å²) in [6.07, 6.45) is 1.33. The van der Waals surface area contributed by atoms with Crippen molar-refractivity contribution in [2.45, 2.75) is 44.6 Å².